The van der Waals surface area contributed by atoms with Gasteiger partial charge in [0.05, 0.1) is 11.4 Å². The third-order valence-electron chi connectivity index (χ3n) is 1.93. The SMILES string of the molecule is NC(C(=O)O)c1nc(-c2ccc[nH]2)cs1. The van der Waals surface area contributed by atoms with Gasteiger partial charge in [-0.25, -0.2) is 4.98 Å². The molecule has 1 unspecified atom stereocenters. The van der Waals surface area contributed by atoms with Gasteiger partial charge in [-0.15, -0.1) is 11.3 Å². The number of carboxylic acids is 1. The molecule has 0 aromatic carbocycles. The highest BCUT2D eigenvalue weighted by atomic mass is 32.1. The van der Waals surface area contributed by atoms with Crippen LogP contribution in [-0.4, -0.2) is 21.0 Å². The van der Waals surface area contributed by atoms with Crippen LogP contribution in [0.5, 0.6) is 0 Å². The number of nitrogens with two attached hydrogens (primary N) is 1. The molecule has 0 spiro atoms. The van der Waals surface area contributed by atoms with Crippen LogP contribution in [0.3, 0.4) is 0 Å². The van der Waals surface area contributed by atoms with Crippen molar-refractivity contribution in [3.05, 3.63) is 28.7 Å². The molecule has 0 aliphatic heterocycles. The Morgan fingerprint density at radius 2 is 2.47 bits per heavy atom. The van der Waals surface area contributed by atoms with Gasteiger partial charge in [0.1, 0.15) is 5.01 Å². The zero-order valence-electron chi connectivity index (χ0n) is 7.68. The molecule has 15 heavy (non-hydrogen) atoms. The lowest BCUT2D eigenvalue weighted by Gasteiger charge is -1.99. The van der Waals surface area contributed by atoms with Gasteiger partial charge in [0.25, 0.3) is 0 Å². The number of hydrogen-bond donors (Lipinski definition) is 3. The number of thiazole rings is 1. The molecule has 0 aliphatic carbocycles. The van der Waals surface area contributed by atoms with E-state index < -0.39 is 12.0 Å². The molecule has 6 heteroatoms. The van der Waals surface area contributed by atoms with Crippen molar-refractivity contribution in [1.82, 2.24) is 9.97 Å². The minimum absolute atomic E-state index is 0.409. The van der Waals surface area contributed by atoms with E-state index in [1.807, 2.05) is 12.1 Å². The van der Waals surface area contributed by atoms with E-state index in [-0.39, 0.29) is 0 Å². The highest BCUT2D eigenvalue weighted by Gasteiger charge is 2.18. The highest BCUT2D eigenvalue weighted by Crippen LogP contribution is 2.23. The lowest BCUT2D eigenvalue weighted by Crippen LogP contribution is -2.20. The van der Waals surface area contributed by atoms with Crippen LogP contribution in [-0.2, 0) is 4.79 Å². The number of rotatable bonds is 3. The zero-order valence-corrected chi connectivity index (χ0v) is 8.49. The van der Waals surface area contributed by atoms with Crippen LogP contribution in [0.2, 0.25) is 0 Å². The molecule has 2 rings (SSSR count). The van der Waals surface area contributed by atoms with Gasteiger partial charge >= 0.3 is 5.97 Å². The molecule has 0 aliphatic rings. The molecule has 0 saturated heterocycles. The van der Waals surface area contributed by atoms with Crippen molar-refractivity contribution in [2.45, 2.75) is 6.04 Å². The Morgan fingerprint density at radius 1 is 1.67 bits per heavy atom. The first-order chi connectivity index (χ1) is 7.18. The van der Waals surface area contributed by atoms with Crippen LogP contribution >= 0.6 is 11.3 Å². The number of aromatic nitrogens is 2. The van der Waals surface area contributed by atoms with Crippen molar-refractivity contribution < 1.29 is 9.90 Å². The summed E-state index contributed by atoms with van der Waals surface area (Å²) >= 11 is 1.25. The zero-order chi connectivity index (χ0) is 10.8. The maximum Gasteiger partial charge on any atom is 0.327 e. The van der Waals surface area contributed by atoms with E-state index in [0.717, 1.165) is 11.4 Å². The molecule has 0 amide bonds. The lowest BCUT2D eigenvalue weighted by atomic mass is 10.3. The van der Waals surface area contributed by atoms with Crippen molar-refractivity contribution in [3.63, 3.8) is 0 Å². The Kier molecular flexibility index (Phi) is 2.53. The maximum absolute atomic E-state index is 10.6. The fourth-order valence-electron chi connectivity index (χ4n) is 1.15. The monoisotopic (exact) mass is 223 g/mol. The molecule has 0 radical (unpaired) electrons. The average molecular weight is 223 g/mol. The second-order valence-electron chi connectivity index (χ2n) is 2.97. The molecule has 0 saturated carbocycles. The topological polar surface area (TPSA) is 92.0 Å². The Morgan fingerprint density at radius 3 is 3.07 bits per heavy atom. The molecule has 78 valence electrons. The van der Waals surface area contributed by atoms with Gasteiger partial charge in [0.2, 0.25) is 0 Å². The van der Waals surface area contributed by atoms with Gasteiger partial charge in [0.15, 0.2) is 6.04 Å². The molecule has 1 atom stereocenters. The Labute approximate surface area is 89.6 Å². The van der Waals surface area contributed by atoms with Crippen LogP contribution in [0.25, 0.3) is 11.4 Å². The van der Waals surface area contributed by atoms with E-state index in [0.29, 0.717) is 5.01 Å². The summed E-state index contributed by atoms with van der Waals surface area (Å²) in [6.45, 7) is 0. The van der Waals surface area contributed by atoms with E-state index in [2.05, 4.69) is 9.97 Å². The van der Waals surface area contributed by atoms with Crippen molar-refractivity contribution in [2.24, 2.45) is 5.73 Å². The summed E-state index contributed by atoms with van der Waals surface area (Å²) in [6.07, 6.45) is 1.78. The summed E-state index contributed by atoms with van der Waals surface area (Å²) in [5, 5.41) is 10.9. The number of nitrogens with one attached hydrogen (secondary N) is 1. The number of aromatic amines is 1. The van der Waals surface area contributed by atoms with E-state index >= 15 is 0 Å². The van der Waals surface area contributed by atoms with E-state index in [1.165, 1.54) is 11.3 Å². The van der Waals surface area contributed by atoms with Gasteiger partial charge in [-0.3, -0.25) is 4.79 Å². The second-order valence-corrected chi connectivity index (χ2v) is 3.86. The maximum atomic E-state index is 10.6. The largest absolute Gasteiger partial charge is 0.480 e. The summed E-state index contributed by atoms with van der Waals surface area (Å²) < 4.78 is 0. The van der Waals surface area contributed by atoms with Crippen LogP contribution in [0.4, 0.5) is 0 Å². The van der Waals surface area contributed by atoms with Crippen LogP contribution in [0.1, 0.15) is 11.0 Å². The van der Waals surface area contributed by atoms with Crippen molar-refractivity contribution in [1.29, 1.82) is 0 Å². The van der Waals surface area contributed by atoms with Crippen molar-refractivity contribution in [3.8, 4) is 11.4 Å². The molecule has 4 N–H and O–H groups in total. The fraction of sp³-hybridized carbons (Fsp3) is 0.111. The second kappa shape index (κ2) is 3.84. The number of nitrogens with zero attached hydrogens (tertiary/aromatic N) is 1. The van der Waals surface area contributed by atoms with Gasteiger partial charge < -0.3 is 15.8 Å². The van der Waals surface area contributed by atoms with E-state index in [9.17, 15) is 4.79 Å². The number of carbonyl (C=O) groups is 1. The first kappa shape index (κ1) is 9.88. The third-order valence-corrected chi connectivity index (χ3v) is 2.86. The number of hydrogen-bond acceptors (Lipinski definition) is 4. The summed E-state index contributed by atoms with van der Waals surface area (Å²) in [5.41, 5.74) is 7.02. The molecular weight excluding hydrogens is 214 g/mol. The fourth-order valence-corrected chi connectivity index (χ4v) is 1.96. The predicted molar refractivity (Wildman–Crippen MR) is 56.5 cm³/mol. The van der Waals surface area contributed by atoms with Crippen LogP contribution in [0, 0.1) is 0 Å². The van der Waals surface area contributed by atoms with E-state index in [4.69, 9.17) is 10.8 Å². The minimum atomic E-state index is -1.07. The lowest BCUT2D eigenvalue weighted by molar-refractivity contribution is -0.138. The number of H-pyrrole nitrogens is 1. The molecule has 2 aromatic rings. The molecule has 0 bridgehead atoms. The number of aliphatic carboxylic acids is 1. The highest BCUT2D eigenvalue weighted by molar-refractivity contribution is 7.10. The van der Waals surface area contributed by atoms with Gasteiger partial charge in [-0.2, -0.15) is 0 Å². The van der Waals surface area contributed by atoms with Gasteiger partial charge in [0, 0.05) is 11.6 Å². The van der Waals surface area contributed by atoms with Gasteiger partial charge in [-0.05, 0) is 12.1 Å². The normalized spacial score (nSPS) is 12.6. The number of carboxylic acid groups (broad SMARTS) is 1. The Balaban J connectivity index is 2.28. The molecule has 5 nitrogen and oxygen atoms in total. The summed E-state index contributed by atoms with van der Waals surface area (Å²) in [4.78, 5) is 17.8. The predicted octanol–water partition coefficient (Wildman–Crippen LogP) is 1.22. The molecule has 2 heterocycles. The van der Waals surface area contributed by atoms with E-state index in [1.54, 1.807) is 11.6 Å². The average Bonchev–Trinajstić information content (AvgIpc) is 2.86. The Bertz CT molecular complexity index is 463. The summed E-state index contributed by atoms with van der Waals surface area (Å²) in [6, 6.07) is 2.68. The standard InChI is InChI=1S/C9H9N3O2S/c10-7(9(13)14)8-12-6(4-15-8)5-2-1-3-11-5/h1-4,7,11H,10H2,(H,13,14). The third kappa shape index (κ3) is 1.90. The molecule has 0 fully saturated rings. The first-order valence-electron chi connectivity index (χ1n) is 4.26. The summed E-state index contributed by atoms with van der Waals surface area (Å²) in [7, 11) is 0. The smallest absolute Gasteiger partial charge is 0.327 e. The summed E-state index contributed by atoms with van der Waals surface area (Å²) in [5.74, 6) is -1.07. The Hall–Kier alpha value is -1.66. The first-order valence-corrected chi connectivity index (χ1v) is 5.14. The van der Waals surface area contributed by atoms with Crippen LogP contribution in [0.15, 0.2) is 23.7 Å². The van der Waals surface area contributed by atoms with Crippen LogP contribution < -0.4 is 5.73 Å². The molecule has 2 aromatic heterocycles. The molecular formula is C9H9N3O2S. The van der Waals surface area contributed by atoms with Crippen molar-refractivity contribution >= 4 is 17.3 Å². The van der Waals surface area contributed by atoms with Crippen molar-refractivity contribution in [2.75, 3.05) is 0 Å². The quantitative estimate of drug-likeness (QED) is 0.729. The minimum Gasteiger partial charge on any atom is -0.480 e. The van der Waals surface area contributed by atoms with Gasteiger partial charge in [-0.1, -0.05) is 0 Å².